The van der Waals surface area contributed by atoms with Gasteiger partial charge in [-0.25, -0.2) is 0 Å². The molecule has 1 amide bonds. The summed E-state index contributed by atoms with van der Waals surface area (Å²) >= 11 is 3.47. The lowest BCUT2D eigenvalue weighted by Crippen LogP contribution is -2.34. The van der Waals surface area contributed by atoms with Gasteiger partial charge >= 0.3 is 0 Å². The van der Waals surface area contributed by atoms with Gasteiger partial charge in [0.15, 0.2) is 0 Å². The fourth-order valence-electron chi connectivity index (χ4n) is 2.16. The Morgan fingerprint density at radius 3 is 2.75 bits per heavy atom. The second kappa shape index (κ2) is 8.10. The van der Waals surface area contributed by atoms with Crippen molar-refractivity contribution in [3.63, 3.8) is 0 Å². The number of hydrogen-bond donors (Lipinski definition) is 0. The van der Waals surface area contributed by atoms with E-state index in [2.05, 4.69) is 27.8 Å². The molecular weight excluding hydrogens is 266 g/mol. The molecule has 0 N–H and O–H groups in total. The molecule has 0 aromatic heterocycles. The van der Waals surface area contributed by atoms with Crippen LogP contribution in [0.1, 0.15) is 51.9 Å². The highest BCUT2D eigenvalue weighted by Crippen LogP contribution is 2.15. The summed E-state index contributed by atoms with van der Waals surface area (Å²) in [6, 6.07) is 0. The number of halogens is 1. The van der Waals surface area contributed by atoms with Crippen LogP contribution in [0, 0.1) is 5.92 Å². The number of nitrogens with zero attached hydrogens (tertiary/aromatic N) is 1. The summed E-state index contributed by atoms with van der Waals surface area (Å²) in [5, 5.41) is 1.07. The molecule has 0 spiro atoms. The number of likely N-dealkylation sites (tertiary alicyclic amines) is 1. The maximum atomic E-state index is 11.9. The third-order valence-corrected chi connectivity index (χ3v) is 3.87. The molecule has 1 fully saturated rings. The molecule has 0 aromatic carbocycles. The monoisotopic (exact) mass is 289 g/mol. The molecule has 1 unspecified atom stereocenters. The first kappa shape index (κ1) is 14.0. The summed E-state index contributed by atoms with van der Waals surface area (Å²) in [4.78, 5) is 13.9. The van der Waals surface area contributed by atoms with Gasteiger partial charge in [0.2, 0.25) is 5.91 Å². The Morgan fingerprint density at radius 2 is 2.00 bits per heavy atom. The molecule has 2 nitrogen and oxygen atoms in total. The molecule has 0 bridgehead atoms. The van der Waals surface area contributed by atoms with Crippen LogP contribution in [-0.2, 0) is 4.79 Å². The summed E-state index contributed by atoms with van der Waals surface area (Å²) in [6.45, 7) is 4.22. The Hall–Kier alpha value is -0.0500. The highest BCUT2D eigenvalue weighted by atomic mass is 79.9. The van der Waals surface area contributed by atoms with Gasteiger partial charge in [0.1, 0.15) is 0 Å². The molecule has 0 aromatic rings. The summed E-state index contributed by atoms with van der Waals surface area (Å²) in [6.07, 6.45) is 7.94. The smallest absolute Gasteiger partial charge is 0.222 e. The van der Waals surface area contributed by atoms with Crippen LogP contribution in [0.5, 0.6) is 0 Å². The number of amides is 1. The van der Waals surface area contributed by atoms with Crippen molar-refractivity contribution in [2.24, 2.45) is 5.92 Å². The normalized spacial score (nSPS) is 20.4. The Balaban J connectivity index is 2.28. The molecule has 1 aliphatic rings. The lowest BCUT2D eigenvalue weighted by Gasteiger charge is -2.26. The van der Waals surface area contributed by atoms with Gasteiger partial charge in [-0.05, 0) is 31.6 Å². The Kier molecular flexibility index (Phi) is 7.10. The van der Waals surface area contributed by atoms with Crippen molar-refractivity contribution in [3.05, 3.63) is 0 Å². The molecule has 16 heavy (non-hydrogen) atoms. The van der Waals surface area contributed by atoms with Gasteiger partial charge in [0.05, 0.1) is 0 Å². The minimum absolute atomic E-state index is 0.380. The molecule has 0 radical (unpaired) electrons. The van der Waals surface area contributed by atoms with Crippen molar-refractivity contribution in [1.82, 2.24) is 4.90 Å². The average molecular weight is 290 g/mol. The molecule has 1 atom stereocenters. The van der Waals surface area contributed by atoms with Gasteiger partial charge < -0.3 is 4.90 Å². The van der Waals surface area contributed by atoms with Gasteiger partial charge in [0, 0.05) is 24.8 Å². The van der Waals surface area contributed by atoms with Crippen LogP contribution in [0.15, 0.2) is 0 Å². The van der Waals surface area contributed by atoms with Crippen molar-refractivity contribution in [3.8, 4) is 0 Å². The topological polar surface area (TPSA) is 20.3 Å². The fourth-order valence-corrected chi connectivity index (χ4v) is 2.94. The van der Waals surface area contributed by atoms with E-state index in [1.807, 2.05) is 0 Å². The van der Waals surface area contributed by atoms with E-state index in [0.717, 1.165) is 43.6 Å². The van der Waals surface area contributed by atoms with Crippen molar-refractivity contribution < 1.29 is 4.79 Å². The van der Waals surface area contributed by atoms with E-state index in [-0.39, 0.29) is 0 Å². The molecule has 1 aliphatic heterocycles. The zero-order chi connectivity index (χ0) is 11.8. The van der Waals surface area contributed by atoms with Gasteiger partial charge in [-0.1, -0.05) is 35.7 Å². The van der Waals surface area contributed by atoms with E-state index in [0.29, 0.717) is 5.91 Å². The van der Waals surface area contributed by atoms with Crippen LogP contribution < -0.4 is 0 Å². The molecule has 0 saturated carbocycles. The molecule has 1 saturated heterocycles. The zero-order valence-corrected chi connectivity index (χ0v) is 12.0. The SMILES string of the molecule is CC(CCBr)CCN1CCCCCCC1=O. The lowest BCUT2D eigenvalue weighted by molar-refractivity contribution is -0.132. The Bertz CT molecular complexity index is 208. The average Bonchev–Trinajstić information content (AvgIpc) is 2.23. The van der Waals surface area contributed by atoms with Gasteiger partial charge in [-0.15, -0.1) is 0 Å². The summed E-state index contributed by atoms with van der Waals surface area (Å²) in [5.41, 5.74) is 0. The third kappa shape index (κ3) is 5.33. The molecule has 1 heterocycles. The molecule has 94 valence electrons. The summed E-state index contributed by atoms with van der Waals surface area (Å²) < 4.78 is 0. The first-order valence-electron chi connectivity index (χ1n) is 6.57. The predicted molar refractivity (Wildman–Crippen MR) is 71.9 cm³/mol. The van der Waals surface area contributed by atoms with E-state index >= 15 is 0 Å². The number of hydrogen-bond acceptors (Lipinski definition) is 1. The van der Waals surface area contributed by atoms with Crippen molar-refractivity contribution in [1.29, 1.82) is 0 Å². The Morgan fingerprint density at radius 1 is 1.25 bits per heavy atom. The van der Waals surface area contributed by atoms with E-state index in [9.17, 15) is 4.79 Å². The molecule has 3 heteroatoms. The van der Waals surface area contributed by atoms with Crippen LogP contribution in [0.4, 0.5) is 0 Å². The maximum Gasteiger partial charge on any atom is 0.222 e. The van der Waals surface area contributed by atoms with E-state index in [1.165, 1.54) is 25.7 Å². The van der Waals surface area contributed by atoms with Crippen LogP contribution in [0.3, 0.4) is 0 Å². The maximum absolute atomic E-state index is 11.9. The van der Waals surface area contributed by atoms with Crippen LogP contribution in [0.2, 0.25) is 0 Å². The lowest BCUT2D eigenvalue weighted by atomic mass is 10.0. The second-order valence-electron chi connectivity index (χ2n) is 4.92. The minimum Gasteiger partial charge on any atom is -0.343 e. The van der Waals surface area contributed by atoms with Gasteiger partial charge in [-0.3, -0.25) is 4.79 Å². The van der Waals surface area contributed by atoms with Crippen LogP contribution >= 0.6 is 15.9 Å². The predicted octanol–water partition coefficient (Wildman–Crippen LogP) is 3.59. The number of carbonyl (C=O) groups excluding carboxylic acids is 1. The molecule has 1 rings (SSSR count). The third-order valence-electron chi connectivity index (χ3n) is 3.42. The highest BCUT2D eigenvalue weighted by Gasteiger charge is 2.15. The first-order valence-corrected chi connectivity index (χ1v) is 7.70. The largest absolute Gasteiger partial charge is 0.343 e. The van der Waals surface area contributed by atoms with Crippen molar-refractivity contribution >= 4 is 21.8 Å². The zero-order valence-electron chi connectivity index (χ0n) is 10.4. The summed E-state index contributed by atoms with van der Waals surface area (Å²) in [5.74, 6) is 1.10. The van der Waals surface area contributed by atoms with E-state index < -0.39 is 0 Å². The summed E-state index contributed by atoms with van der Waals surface area (Å²) in [7, 11) is 0. The second-order valence-corrected chi connectivity index (χ2v) is 5.71. The minimum atomic E-state index is 0.380. The number of carbonyl (C=O) groups is 1. The molecule has 0 aliphatic carbocycles. The number of alkyl halides is 1. The van der Waals surface area contributed by atoms with Gasteiger partial charge in [0.25, 0.3) is 0 Å². The van der Waals surface area contributed by atoms with Crippen LogP contribution in [-0.4, -0.2) is 29.2 Å². The van der Waals surface area contributed by atoms with Crippen LogP contribution in [0.25, 0.3) is 0 Å². The van der Waals surface area contributed by atoms with Crippen molar-refractivity contribution in [2.45, 2.75) is 51.9 Å². The Labute approximate surface area is 108 Å². The molecular formula is C13H24BrNO. The first-order chi connectivity index (χ1) is 7.74. The fraction of sp³-hybridized carbons (Fsp3) is 0.923. The van der Waals surface area contributed by atoms with Crippen molar-refractivity contribution in [2.75, 3.05) is 18.4 Å². The van der Waals surface area contributed by atoms with Gasteiger partial charge in [-0.2, -0.15) is 0 Å². The highest BCUT2D eigenvalue weighted by molar-refractivity contribution is 9.09. The number of rotatable bonds is 5. The van der Waals surface area contributed by atoms with E-state index in [4.69, 9.17) is 0 Å². The standard InChI is InChI=1S/C13H24BrNO/c1-12(7-9-14)8-11-15-10-5-3-2-4-6-13(15)16/h12H,2-11H2,1H3. The van der Waals surface area contributed by atoms with E-state index in [1.54, 1.807) is 0 Å². The quantitative estimate of drug-likeness (QED) is 0.709.